The Morgan fingerprint density at radius 1 is 1.16 bits per heavy atom. The zero-order chi connectivity index (χ0) is 22.0. The van der Waals surface area contributed by atoms with Gasteiger partial charge in [-0.05, 0) is 37.5 Å². The lowest BCUT2D eigenvalue weighted by Gasteiger charge is -2.15. The molecule has 0 fully saturated rings. The largest absolute Gasteiger partial charge is 0.325 e. The lowest BCUT2D eigenvalue weighted by atomic mass is 10.1. The van der Waals surface area contributed by atoms with Gasteiger partial charge in [0.15, 0.2) is 5.16 Å². The highest BCUT2D eigenvalue weighted by Crippen LogP contribution is 2.29. The highest BCUT2D eigenvalue weighted by Gasteiger charge is 2.22. The molecule has 7 heteroatoms. The van der Waals surface area contributed by atoms with Crippen LogP contribution in [0.4, 0.5) is 5.69 Å². The van der Waals surface area contributed by atoms with Crippen LogP contribution >= 0.6 is 23.5 Å². The molecule has 2 heterocycles. The van der Waals surface area contributed by atoms with E-state index in [1.54, 1.807) is 16.3 Å². The highest BCUT2D eigenvalue weighted by molar-refractivity contribution is 8.00. The van der Waals surface area contributed by atoms with E-state index in [0.717, 1.165) is 45.1 Å². The number of nitrogens with one attached hydrogen (secondary N) is 1. The molecule has 5 nitrogen and oxygen atoms in total. The fraction of sp³-hybridized carbons (Fsp3) is 0.292. The number of aromatic nitrogens is 2. The van der Waals surface area contributed by atoms with Crippen LogP contribution in [0.25, 0.3) is 0 Å². The molecule has 0 bridgehead atoms. The first-order chi connectivity index (χ1) is 14.9. The number of amides is 1. The van der Waals surface area contributed by atoms with Crippen LogP contribution in [0.5, 0.6) is 0 Å². The van der Waals surface area contributed by atoms with E-state index >= 15 is 0 Å². The number of carbonyl (C=O) groups excluding carboxylic acids is 1. The van der Waals surface area contributed by atoms with Crippen molar-refractivity contribution in [3.8, 4) is 0 Å². The van der Waals surface area contributed by atoms with Gasteiger partial charge in [-0.2, -0.15) is 0 Å². The molecule has 3 aromatic rings. The minimum absolute atomic E-state index is 0.00974. The Hall–Kier alpha value is -2.51. The summed E-state index contributed by atoms with van der Waals surface area (Å²) in [6.45, 7) is 6.49. The van der Waals surface area contributed by atoms with Gasteiger partial charge < -0.3 is 5.32 Å². The van der Waals surface area contributed by atoms with E-state index in [4.69, 9.17) is 4.98 Å². The van der Waals surface area contributed by atoms with Crippen LogP contribution < -0.4 is 10.9 Å². The lowest BCUT2D eigenvalue weighted by molar-refractivity contribution is -0.113. The van der Waals surface area contributed by atoms with Crippen LogP contribution in [0.2, 0.25) is 0 Å². The summed E-state index contributed by atoms with van der Waals surface area (Å²) in [7, 11) is 0. The van der Waals surface area contributed by atoms with Crippen LogP contribution in [-0.4, -0.2) is 27.0 Å². The second-order valence-electron chi connectivity index (χ2n) is 7.76. The molecule has 1 aliphatic rings. The maximum atomic E-state index is 13.1. The molecule has 1 aliphatic heterocycles. The Bertz CT molecular complexity index is 1170. The zero-order valence-electron chi connectivity index (χ0n) is 17.9. The monoisotopic (exact) mass is 451 g/mol. The Labute approximate surface area is 190 Å². The van der Waals surface area contributed by atoms with Gasteiger partial charge in [0.2, 0.25) is 5.91 Å². The summed E-state index contributed by atoms with van der Waals surface area (Å²) in [5.74, 6) is 0.971. The van der Waals surface area contributed by atoms with Crippen molar-refractivity contribution in [2.45, 2.75) is 43.8 Å². The normalized spacial score (nSPS) is 12.6. The first-order valence-corrected chi connectivity index (χ1v) is 12.2. The summed E-state index contributed by atoms with van der Waals surface area (Å²) < 4.78 is 1.70. The topological polar surface area (TPSA) is 64.0 Å². The fourth-order valence-corrected chi connectivity index (χ4v) is 5.68. The van der Waals surface area contributed by atoms with Crippen molar-refractivity contribution >= 4 is 35.1 Å². The van der Waals surface area contributed by atoms with Gasteiger partial charge in [-0.25, -0.2) is 4.98 Å². The molecule has 0 unspecified atom stereocenters. The van der Waals surface area contributed by atoms with Gasteiger partial charge in [-0.1, -0.05) is 59.8 Å². The molecule has 0 atom stereocenters. The number of thioether (sulfide) groups is 2. The number of fused-ring (bicyclic) bond motifs is 1. The molecule has 1 aromatic heterocycles. The van der Waals surface area contributed by atoms with Crippen molar-refractivity contribution in [2.24, 2.45) is 0 Å². The number of aryl methyl sites for hydroxylation is 4. The predicted octanol–water partition coefficient (Wildman–Crippen LogP) is 4.60. The van der Waals surface area contributed by atoms with E-state index in [-0.39, 0.29) is 17.2 Å². The summed E-state index contributed by atoms with van der Waals surface area (Å²) in [6, 6.07) is 14.0. The Morgan fingerprint density at radius 3 is 2.58 bits per heavy atom. The van der Waals surface area contributed by atoms with Crippen LogP contribution in [0.15, 0.2) is 57.3 Å². The van der Waals surface area contributed by atoms with Gasteiger partial charge in [0, 0.05) is 17.9 Å². The second-order valence-corrected chi connectivity index (χ2v) is 9.80. The van der Waals surface area contributed by atoms with Crippen LogP contribution in [0.1, 0.15) is 27.9 Å². The summed E-state index contributed by atoms with van der Waals surface area (Å²) in [4.78, 5) is 31.4. The number of hydrogen-bond donors (Lipinski definition) is 1. The molecule has 31 heavy (non-hydrogen) atoms. The third-order valence-electron chi connectivity index (χ3n) is 5.21. The molecular weight excluding hydrogens is 426 g/mol. The molecule has 0 aliphatic carbocycles. The molecule has 0 spiro atoms. The van der Waals surface area contributed by atoms with Gasteiger partial charge in [-0.3, -0.25) is 14.2 Å². The predicted molar refractivity (Wildman–Crippen MR) is 128 cm³/mol. The van der Waals surface area contributed by atoms with Crippen molar-refractivity contribution in [3.63, 3.8) is 0 Å². The summed E-state index contributed by atoms with van der Waals surface area (Å²) >= 11 is 2.89. The molecule has 0 radical (unpaired) electrons. The number of hydrogen-bond acceptors (Lipinski definition) is 5. The Morgan fingerprint density at radius 2 is 1.87 bits per heavy atom. The average molecular weight is 452 g/mol. The van der Waals surface area contributed by atoms with Crippen LogP contribution in [0.3, 0.4) is 0 Å². The van der Waals surface area contributed by atoms with Crippen LogP contribution in [-0.2, 0) is 17.8 Å². The minimum atomic E-state index is -0.101. The van der Waals surface area contributed by atoms with Crippen molar-refractivity contribution in [1.29, 1.82) is 0 Å². The summed E-state index contributed by atoms with van der Waals surface area (Å²) in [6.07, 6.45) is 0.795. The number of benzene rings is 2. The smallest absolute Gasteiger partial charge is 0.268 e. The summed E-state index contributed by atoms with van der Waals surface area (Å²) in [5.41, 5.74) is 6.00. The maximum absolute atomic E-state index is 13.1. The first kappa shape index (κ1) is 21.7. The highest BCUT2D eigenvalue weighted by atomic mass is 32.2. The van der Waals surface area contributed by atoms with Crippen LogP contribution in [0, 0.1) is 20.8 Å². The molecule has 2 aromatic carbocycles. The third-order valence-corrected chi connectivity index (χ3v) is 7.29. The average Bonchev–Trinajstić information content (AvgIpc) is 3.21. The number of rotatable bonds is 6. The fourth-order valence-electron chi connectivity index (χ4n) is 3.82. The summed E-state index contributed by atoms with van der Waals surface area (Å²) in [5, 5.41) is 3.63. The number of anilines is 1. The minimum Gasteiger partial charge on any atom is -0.325 e. The van der Waals surface area contributed by atoms with Crippen molar-refractivity contribution in [2.75, 3.05) is 16.8 Å². The lowest BCUT2D eigenvalue weighted by Crippen LogP contribution is -2.26. The van der Waals surface area contributed by atoms with E-state index in [1.807, 2.05) is 51.1 Å². The third kappa shape index (κ3) is 4.88. The first-order valence-electron chi connectivity index (χ1n) is 10.2. The van der Waals surface area contributed by atoms with E-state index in [2.05, 4.69) is 17.4 Å². The van der Waals surface area contributed by atoms with E-state index in [1.165, 1.54) is 17.3 Å². The van der Waals surface area contributed by atoms with Gasteiger partial charge >= 0.3 is 0 Å². The van der Waals surface area contributed by atoms with E-state index in [9.17, 15) is 9.59 Å². The second kappa shape index (κ2) is 9.32. The van der Waals surface area contributed by atoms with Gasteiger partial charge in [-0.15, -0.1) is 11.8 Å². The SMILES string of the molecule is Cc1cc(C)c(NC(=O)CSc2nc3c(c(=O)n2Cc2ccccc2)SCC3)c(C)c1. The van der Waals surface area contributed by atoms with E-state index < -0.39 is 0 Å². The van der Waals surface area contributed by atoms with Gasteiger partial charge in [0.25, 0.3) is 5.56 Å². The van der Waals surface area contributed by atoms with Gasteiger partial charge in [0.1, 0.15) is 0 Å². The van der Waals surface area contributed by atoms with Gasteiger partial charge in [0.05, 0.1) is 22.9 Å². The van der Waals surface area contributed by atoms with Crippen molar-refractivity contribution in [3.05, 3.63) is 80.8 Å². The molecule has 1 amide bonds. The number of carbonyl (C=O) groups is 1. The Kier molecular flexibility index (Phi) is 6.53. The van der Waals surface area contributed by atoms with Crippen molar-refractivity contribution in [1.82, 2.24) is 9.55 Å². The standard InChI is InChI=1S/C24H25N3O2S2/c1-15-11-16(2)21(17(3)12-15)26-20(28)14-31-24-25-19-9-10-30-22(19)23(29)27(24)13-18-7-5-4-6-8-18/h4-8,11-12H,9-10,13-14H2,1-3H3,(H,26,28). The maximum Gasteiger partial charge on any atom is 0.268 e. The quantitative estimate of drug-likeness (QED) is 0.438. The number of nitrogens with zero attached hydrogens (tertiary/aromatic N) is 2. The zero-order valence-corrected chi connectivity index (χ0v) is 19.5. The molecule has 4 rings (SSSR count). The van der Waals surface area contributed by atoms with E-state index in [0.29, 0.717) is 11.7 Å². The molecular formula is C24H25N3O2S2. The molecule has 0 saturated heterocycles. The molecule has 0 saturated carbocycles. The molecule has 160 valence electrons. The molecule has 1 N–H and O–H groups in total. The Balaban J connectivity index is 1.56. The van der Waals surface area contributed by atoms with Crippen molar-refractivity contribution < 1.29 is 4.79 Å².